The zero-order valence-electron chi connectivity index (χ0n) is 27.8. The summed E-state index contributed by atoms with van der Waals surface area (Å²) in [5.41, 5.74) is 3.75. The highest BCUT2D eigenvalue weighted by atomic mass is 16.4. The number of hydrogen-bond donors (Lipinski definition) is 4. The van der Waals surface area contributed by atoms with Crippen molar-refractivity contribution in [3.05, 3.63) is 71.8 Å². The number of aryl methyl sites for hydroxylation is 1. The molecule has 0 radical (unpaired) electrons. The van der Waals surface area contributed by atoms with Gasteiger partial charge in [0.1, 0.15) is 11.8 Å². The molecule has 9 heteroatoms. The highest BCUT2D eigenvalue weighted by molar-refractivity contribution is 5.91. The number of aliphatic carboxylic acids is 3. The molecule has 0 aliphatic carbocycles. The van der Waals surface area contributed by atoms with Gasteiger partial charge in [-0.3, -0.25) is 19.2 Å². The van der Waals surface area contributed by atoms with Crippen LogP contribution in [0.2, 0.25) is 0 Å². The monoisotopic (exact) mass is 649 g/mol. The summed E-state index contributed by atoms with van der Waals surface area (Å²) < 4.78 is 0. The number of rotatable bonds is 24. The van der Waals surface area contributed by atoms with E-state index in [0.717, 1.165) is 55.2 Å². The molecule has 3 atom stereocenters. The molecule has 0 saturated heterocycles. The minimum absolute atomic E-state index is 0.0381. The Hall–Kier alpha value is -4.27. The molecule has 256 valence electrons. The fourth-order valence-corrected chi connectivity index (χ4v) is 5.55. The summed E-state index contributed by atoms with van der Waals surface area (Å²) in [4.78, 5) is 61.0. The highest BCUT2D eigenvalue weighted by Gasteiger charge is 2.35. The maximum Gasteiger partial charge on any atom is 0.326 e. The van der Waals surface area contributed by atoms with Crippen LogP contribution in [0.1, 0.15) is 102 Å². The fourth-order valence-electron chi connectivity index (χ4n) is 5.55. The normalized spacial score (nSPS) is 13.1. The third-order valence-electron chi connectivity index (χ3n) is 8.29. The van der Waals surface area contributed by atoms with Gasteiger partial charge in [-0.15, -0.1) is 0 Å². The highest BCUT2D eigenvalue weighted by Crippen LogP contribution is 2.23. The van der Waals surface area contributed by atoms with Gasteiger partial charge < -0.3 is 20.6 Å². The summed E-state index contributed by atoms with van der Waals surface area (Å²) in [6.45, 7) is 4.16. The Morgan fingerprint density at radius 2 is 1.40 bits per heavy atom. The second kappa shape index (κ2) is 21.5. The summed E-state index contributed by atoms with van der Waals surface area (Å²) >= 11 is 0. The van der Waals surface area contributed by atoms with Crippen molar-refractivity contribution in [3.63, 3.8) is 0 Å². The van der Waals surface area contributed by atoms with Crippen LogP contribution in [0.25, 0.3) is 11.1 Å². The van der Waals surface area contributed by atoms with Crippen molar-refractivity contribution < 1.29 is 39.3 Å². The van der Waals surface area contributed by atoms with Gasteiger partial charge in [-0.25, -0.2) is 4.79 Å². The van der Waals surface area contributed by atoms with E-state index in [0.29, 0.717) is 30.6 Å². The minimum Gasteiger partial charge on any atom is -0.481 e. The van der Waals surface area contributed by atoms with Crippen molar-refractivity contribution in [2.75, 3.05) is 0 Å². The van der Waals surface area contributed by atoms with Gasteiger partial charge >= 0.3 is 17.9 Å². The number of hydrogen-bond acceptors (Lipinski definition) is 5. The molecule has 0 fully saturated rings. The van der Waals surface area contributed by atoms with E-state index in [-0.39, 0.29) is 6.42 Å². The van der Waals surface area contributed by atoms with Crippen LogP contribution in [0.15, 0.2) is 60.7 Å². The number of benzene rings is 2. The summed E-state index contributed by atoms with van der Waals surface area (Å²) in [6, 6.07) is 13.9. The summed E-state index contributed by atoms with van der Waals surface area (Å²) in [5, 5.41) is 31.4. The van der Waals surface area contributed by atoms with E-state index in [1.807, 2.05) is 43.3 Å². The Kier molecular flexibility index (Phi) is 17.8. The molecule has 2 aromatic rings. The number of carboxylic acid groups (broad SMARTS) is 3. The number of carbonyl (C=O) groups is 5. The molecule has 0 heterocycles. The Labute approximate surface area is 278 Å². The van der Waals surface area contributed by atoms with Crippen molar-refractivity contribution in [2.45, 2.75) is 110 Å². The smallest absolute Gasteiger partial charge is 0.326 e. The quantitative estimate of drug-likeness (QED) is 0.0677. The first-order chi connectivity index (χ1) is 22.5. The fraction of sp³-hybridized carbons (Fsp3) is 0.500. The van der Waals surface area contributed by atoms with Crippen molar-refractivity contribution >= 4 is 29.6 Å². The van der Waals surface area contributed by atoms with Crippen molar-refractivity contribution in [1.29, 1.82) is 0 Å². The van der Waals surface area contributed by atoms with Crippen LogP contribution >= 0.6 is 0 Å². The Balaban J connectivity index is 1.97. The molecule has 47 heavy (non-hydrogen) atoms. The molecule has 2 rings (SSSR count). The predicted molar refractivity (Wildman–Crippen MR) is 182 cm³/mol. The van der Waals surface area contributed by atoms with Gasteiger partial charge in [-0.2, -0.15) is 0 Å². The molecule has 0 saturated carbocycles. The number of carbonyl (C=O) groups excluding carboxylic acids is 2. The van der Waals surface area contributed by atoms with Gasteiger partial charge in [-0.1, -0.05) is 112 Å². The molecule has 0 bridgehead atoms. The zero-order chi connectivity index (χ0) is 34.6. The zero-order valence-corrected chi connectivity index (χ0v) is 27.8. The number of ketones is 1. The van der Waals surface area contributed by atoms with E-state index in [1.165, 1.54) is 25.3 Å². The van der Waals surface area contributed by atoms with Gasteiger partial charge in [0.2, 0.25) is 5.91 Å². The van der Waals surface area contributed by atoms with Crippen LogP contribution in [0.5, 0.6) is 0 Å². The molecule has 0 aliphatic rings. The summed E-state index contributed by atoms with van der Waals surface area (Å²) in [5.74, 6) is -7.61. The maximum absolute atomic E-state index is 13.3. The first kappa shape index (κ1) is 38.9. The summed E-state index contributed by atoms with van der Waals surface area (Å²) in [7, 11) is 0. The van der Waals surface area contributed by atoms with Crippen LogP contribution in [0.3, 0.4) is 0 Å². The molecular weight excluding hydrogens is 598 g/mol. The van der Waals surface area contributed by atoms with Crippen LogP contribution in [0.4, 0.5) is 0 Å². The number of allylic oxidation sites excluding steroid dienone is 1. The molecule has 2 aromatic carbocycles. The number of Topliss-reactive ketones (excluding diaryl/α,β-unsaturated/α-hetero) is 1. The number of unbranched alkanes of at least 4 members (excludes halogenated alkanes) is 8. The van der Waals surface area contributed by atoms with Crippen molar-refractivity contribution in [2.24, 2.45) is 11.8 Å². The lowest BCUT2D eigenvalue weighted by atomic mass is 9.87. The van der Waals surface area contributed by atoms with E-state index < -0.39 is 48.1 Å². The van der Waals surface area contributed by atoms with Crippen LogP contribution in [0, 0.1) is 18.8 Å². The number of carboxylic acids is 3. The first-order valence-electron chi connectivity index (χ1n) is 16.8. The number of amides is 1. The lowest BCUT2D eigenvalue weighted by molar-refractivity contribution is -0.152. The van der Waals surface area contributed by atoms with E-state index in [4.69, 9.17) is 0 Å². The Morgan fingerprint density at radius 3 is 1.98 bits per heavy atom. The average molecular weight is 650 g/mol. The van der Waals surface area contributed by atoms with Crippen molar-refractivity contribution in [3.8, 4) is 11.1 Å². The van der Waals surface area contributed by atoms with E-state index in [1.54, 1.807) is 18.2 Å². The van der Waals surface area contributed by atoms with Crippen molar-refractivity contribution in [1.82, 2.24) is 5.32 Å². The molecule has 9 nitrogen and oxygen atoms in total. The second-order valence-corrected chi connectivity index (χ2v) is 12.3. The maximum atomic E-state index is 13.3. The second-order valence-electron chi connectivity index (χ2n) is 12.3. The van der Waals surface area contributed by atoms with Gasteiger partial charge in [0.25, 0.3) is 0 Å². The number of nitrogens with one attached hydrogen (secondary N) is 1. The molecular formula is C38H51NO8. The molecule has 0 spiro atoms. The third-order valence-corrected chi connectivity index (χ3v) is 8.29. The van der Waals surface area contributed by atoms with Gasteiger partial charge in [0.15, 0.2) is 0 Å². The average Bonchev–Trinajstić information content (AvgIpc) is 3.02. The lowest BCUT2D eigenvalue weighted by Crippen LogP contribution is -2.47. The summed E-state index contributed by atoms with van der Waals surface area (Å²) in [6.07, 6.45) is 12.9. The molecule has 0 unspecified atom stereocenters. The Bertz CT molecular complexity index is 1330. The topological polar surface area (TPSA) is 158 Å². The Morgan fingerprint density at radius 1 is 0.766 bits per heavy atom. The van der Waals surface area contributed by atoms with E-state index >= 15 is 0 Å². The lowest BCUT2D eigenvalue weighted by Gasteiger charge is -2.22. The predicted octanol–water partition coefficient (Wildman–Crippen LogP) is 7.39. The van der Waals surface area contributed by atoms with E-state index in [9.17, 15) is 39.3 Å². The minimum atomic E-state index is -1.57. The molecule has 4 N–H and O–H groups in total. The standard InChI is InChI=1S/C38H51NO8/c1-3-4-5-8-11-17-31(40)18-12-9-6-7-10-13-19-32(33(37(44)45)26-35(41)42)36(43)39-34(38(46)47)25-28-20-22-29(23-21-28)30-16-14-15-27(2)24-30/h13-16,19-24,32-34H,3-12,17-18,25-26H2,1-2H3,(H,39,43)(H,41,42)(H,44,45)(H,46,47)/b19-13+/t32-,33+,34-/m0/s1. The van der Waals surface area contributed by atoms with E-state index in [2.05, 4.69) is 12.2 Å². The van der Waals surface area contributed by atoms with Crippen LogP contribution < -0.4 is 5.32 Å². The van der Waals surface area contributed by atoms with Crippen LogP contribution in [-0.2, 0) is 30.4 Å². The first-order valence-corrected chi connectivity index (χ1v) is 16.8. The van der Waals surface area contributed by atoms with Crippen LogP contribution in [-0.4, -0.2) is 51.0 Å². The van der Waals surface area contributed by atoms with Gasteiger partial charge in [0.05, 0.1) is 18.3 Å². The SMILES string of the molecule is CCCCCCCC(=O)CCCCCC/C=C/[C@H](C(=O)N[C@@H](Cc1ccc(-c2cccc(C)c2)cc1)C(=O)O)[C@@H](CC(=O)O)C(=O)O. The van der Waals surface area contributed by atoms with Gasteiger partial charge in [0, 0.05) is 19.3 Å². The van der Waals surface area contributed by atoms with Gasteiger partial charge in [-0.05, 0) is 49.3 Å². The molecule has 0 aromatic heterocycles. The molecule has 0 aliphatic heterocycles. The third kappa shape index (κ3) is 15.2. The molecule has 1 amide bonds. The largest absolute Gasteiger partial charge is 0.481 e.